The Morgan fingerprint density at radius 2 is 1.91 bits per heavy atom. The number of amides is 1. The number of hydrogen-bond donors (Lipinski definition) is 1. The largest absolute Gasteiger partial charge is 0.481 e. The Balaban J connectivity index is 1.97. The molecule has 1 aromatic rings. The Morgan fingerprint density at radius 3 is 2.36 bits per heavy atom. The number of hydrogen-bond acceptors (Lipinski definition) is 3. The van der Waals surface area contributed by atoms with E-state index in [4.69, 9.17) is 5.11 Å². The minimum Gasteiger partial charge on any atom is -0.481 e. The summed E-state index contributed by atoms with van der Waals surface area (Å²) in [6.07, 6.45) is 1.79. The number of carbonyl (C=O) groups is 2. The Morgan fingerprint density at radius 1 is 1.32 bits per heavy atom. The minimum absolute atomic E-state index is 0.108. The van der Waals surface area contributed by atoms with Crippen molar-refractivity contribution in [3.63, 3.8) is 0 Å². The zero-order valence-electron chi connectivity index (χ0n) is 13.8. The molecule has 1 unspecified atom stereocenters. The zero-order chi connectivity index (χ0) is 16.4. The first-order valence-corrected chi connectivity index (χ1v) is 7.82. The third-order valence-electron chi connectivity index (χ3n) is 4.75. The number of nitrogens with zero attached hydrogens (tertiary/aromatic N) is 3. The molecule has 1 fully saturated rings. The van der Waals surface area contributed by atoms with Crippen molar-refractivity contribution in [2.24, 2.45) is 18.9 Å². The predicted octanol–water partition coefficient (Wildman–Crippen LogP) is 1.54. The summed E-state index contributed by atoms with van der Waals surface area (Å²) in [6.45, 7) is 7.02. The lowest BCUT2D eigenvalue weighted by atomic mass is 9.94. The van der Waals surface area contributed by atoms with Crippen LogP contribution >= 0.6 is 0 Å². The lowest BCUT2D eigenvalue weighted by Crippen LogP contribution is -2.43. The molecule has 1 aliphatic heterocycles. The maximum absolute atomic E-state index is 12.6. The second kappa shape index (κ2) is 6.50. The number of aryl methyl sites for hydroxylation is 2. The molecule has 0 spiro atoms. The van der Waals surface area contributed by atoms with Crippen LogP contribution in [0.4, 0.5) is 0 Å². The Labute approximate surface area is 131 Å². The topological polar surface area (TPSA) is 75.4 Å². The van der Waals surface area contributed by atoms with Crippen LogP contribution in [0, 0.1) is 25.7 Å². The van der Waals surface area contributed by atoms with Gasteiger partial charge in [0.1, 0.15) is 0 Å². The third kappa shape index (κ3) is 3.31. The van der Waals surface area contributed by atoms with Crippen LogP contribution in [-0.4, -0.2) is 44.8 Å². The van der Waals surface area contributed by atoms with E-state index in [1.165, 1.54) is 0 Å². The first-order valence-electron chi connectivity index (χ1n) is 7.82. The standard InChI is InChI=1S/C16H25N3O3/c1-10(9-14-11(2)17-18(4)12(14)3)15(20)19-7-5-13(6-8-19)16(21)22/h10,13H,5-9H2,1-4H3,(H,21,22). The van der Waals surface area contributed by atoms with Gasteiger partial charge in [-0.1, -0.05) is 6.92 Å². The molecule has 22 heavy (non-hydrogen) atoms. The molecule has 1 saturated heterocycles. The van der Waals surface area contributed by atoms with E-state index >= 15 is 0 Å². The normalized spacial score (nSPS) is 17.5. The first kappa shape index (κ1) is 16.5. The number of piperidine rings is 1. The summed E-state index contributed by atoms with van der Waals surface area (Å²) in [4.78, 5) is 25.3. The van der Waals surface area contributed by atoms with E-state index in [-0.39, 0.29) is 17.7 Å². The fourth-order valence-corrected chi connectivity index (χ4v) is 3.16. The molecule has 2 rings (SSSR count). The zero-order valence-corrected chi connectivity index (χ0v) is 13.8. The lowest BCUT2D eigenvalue weighted by Gasteiger charge is -2.32. The van der Waals surface area contributed by atoms with Crippen molar-refractivity contribution in [1.29, 1.82) is 0 Å². The number of aromatic nitrogens is 2. The second-order valence-electron chi connectivity index (χ2n) is 6.32. The van der Waals surface area contributed by atoms with Crippen molar-refractivity contribution in [3.05, 3.63) is 17.0 Å². The smallest absolute Gasteiger partial charge is 0.306 e. The molecule has 1 aromatic heterocycles. The number of carboxylic acid groups (broad SMARTS) is 1. The van der Waals surface area contributed by atoms with Gasteiger partial charge in [0.05, 0.1) is 11.6 Å². The van der Waals surface area contributed by atoms with Gasteiger partial charge >= 0.3 is 5.97 Å². The van der Waals surface area contributed by atoms with E-state index in [9.17, 15) is 9.59 Å². The molecule has 1 N–H and O–H groups in total. The van der Waals surface area contributed by atoms with E-state index in [0.717, 1.165) is 17.0 Å². The first-order chi connectivity index (χ1) is 10.3. The van der Waals surface area contributed by atoms with Crippen LogP contribution < -0.4 is 0 Å². The van der Waals surface area contributed by atoms with Crippen LogP contribution in [0.15, 0.2) is 0 Å². The highest BCUT2D eigenvalue weighted by atomic mass is 16.4. The van der Waals surface area contributed by atoms with Gasteiger partial charge in [0.25, 0.3) is 0 Å². The van der Waals surface area contributed by atoms with Crippen LogP contribution in [0.1, 0.15) is 36.7 Å². The molecule has 2 heterocycles. The highest BCUT2D eigenvalue weighted by Crippen LogP contribution is 2.22. The van der Waals surface area contributed by atoms with Gasteiger partial charge in [-0.3, -0.25) is 14.3 Å². The van der Waals surface area contributed by atoms with Gasteiger partial charge in [0.15, 0.2) is 0 Å². The Bertz CT molecular complexity index is 571. The number of likely N-dealkylation sites (tertiary alicyclic amines) is 1. The SMILES string of the molecule is Cc1nn(C)c(C)c1CC(C)C(=O)N1CCC(C(=O)O)CC1. The maximum atomic E-state index is 12.6. The van der Waals surface area contributed by atoms with E-state index < -0.39 is 5.97 Å². The third-order valence-corrected chi connectivity index (χ3v) is 4.75. The highest BCUT2D eigenvalue weighted by Gasteiger charge is 2.29. The van der Waals surface area contributed by atoms with Crippen molar-refractivity contribution in [1.82, 2.24) is 14.7 Å². The fraction of sp³-hybridized carbons (Fsp3) is 0.688. The van der Waals surface area contributed by atoms with Gasteiger partial charge in [-0.2, -0.15) is 5.10 Å². The van der Waals surface area contributed by atoms with E-state index in [0.29, 0.717) is 32.4 Å². The summed E-state index contributed by atoms with van der Waals surface area (Å²) in [5.41, 5.74) is 3.22. The van der Waals surface area contributed by atoms with E-state index in [1.807, 2.05) is 37.4 Å². The van der Waals surface area contributed by atoms with Crippen molar-refractivity contribution >= 4 is 11.9 Å². The highest BCUT2D eigenvalue weighted by molar-refractivity contribution is 5.79. The molecule has 6 heteroatoms. The predicted molar refractivity (Wildman–Crippen MR) is 82.5 cm³/mol. The van der Waals surface area contributed by atoms with Crippen molar-refractivity contribution in [2.75, 3.05) is 13.1 Å². The molecule has 0 aromatic carbocycles. The summed E-state index contributed by atoms with van der Waals surface area (Å²) < 4.78 is 1.85. The molecule has 0 radical (unpaired) electrons. The summed E-state index contributed by atoms with van der Waals surface area (Å²) in [5, 5.41) is 13.4. The van der Waals surface area contributed by atoms with Gasteiger partial charge in [0.2, 0.25) is 5.91 Å². The van der Waals surface area contributed by atoms with Gasteiger partial charge in [-0.25, -0.2) is 0 Å². The van der Waals surface area contributed by atoms with Crippen molar-refractivity contribution < 1.29 is 14.7 Å². The molecule has 6 nitrogen and oxygen atoms in total. The average molecular weight is 307 g/mol. The fourth-order valence-electron chi connectivity index (χ4n) is 3.16. The molecule has 1 atom stereocenters. The van der Waals surface area contributed by atoms with E-state index in [1.54, 1.807) is 0 Å². The van der Waals surface area contributed by atoms with Gasteiger partial charge in [-0.15, -0.1) is 0 Å². The molecular formula is C16H25N3O3. The van der Waals surface area contributed by atoms with Gasteiger partial charge in [0, 0.05) is 31.7 Å². The number of aliphatic carboxylic acids is 1. The average Bonchev–Trinajstić information content (AvgIpc) is 2.73. The molecule has 122 valence electrons. The molecule has 1 amide bonds. The van der Waals surface area contributed by atoms with Gasteiger partial charge < -0.3 is 10.0 Å². The summed E-state index contributed by atoms with van der Waals surface area (Å²) in [6, 6.07) is 0. The summed E-state index contributed by atoms with van der Waals surface area (Å²) in [7, 11) is 1.91. The molecule has 0 aliphatic carbocycles. The Kier molecular flexibility index (Phi) is 4.88. The molecular weight excluding hydrogens is 282 g/mol. The van der Waals surface area contributed by atoms with Crippen LogP contribution in [0.25, 0.3) is 0 Å². The van der Waals surface area contributed by atoms with E-state index in [2.05, 4.69) is 5.10 Å². The quantitative estimate of drug-likeness (QED) is 0.915. The second-order valence-corrected chi connectivity index (χ2v) is 6.32. The minimum atomic E-state index is -0.748. The van der Waals surface area contributed by atoms with Crippen molar-refractivity contribution in [3.8, 4) is 0 Å². The van der Waals surface area contributed by atoms with Crippen LogP contribution in [0.3, 0.4) is 0 Å². The van der Waals surface area contributed by atoms with Gasteiger partial charge in [-0.05, 0) is 38.7 Å². The van der Waals surface area contributed by atoms with Crippen LogP contribution in [0.2, 0.25) is 0 Å². The summed E-state index contributed by atoms with van der Waals surface area (Å²) in [5.74, 6) is -1.04. The summed E-state index contributed by atoms with van der Waals surface area (Å²) >= 11 is 0. The Hall–Kier alpha value is -1.85. The lowest BCUT2D eigenvalue weighted by molar-refractivity contribution is -0.146. The maximum Gasteiger partial charge on any atom is 0.306 e. The monoisotopic (exact) mass is 307 g/mol. The number of carboxylic acids is 1. The van der Waals surface area contributed by atoms with Crippen LogP contribution in [-0.2, 0) is 23.1 Å². The van der Waals surface area contributed by atoms with Crippen molar-refractivity contribution in [2.45, 2.75) is 40.0 Å². The molecule has 0 saturated carbocycles. The molecule has 1 aliphatic rings. The molecule has 0 bridgehead atoms. The van der Waals surface area contributed by atoms with Crippen LogP contribution in [0.5, 0.6) is 0 Å². The number of carbonyl (C=O) groups excluding carboxylic acids is 1. The number of rotatable bonds is 4.